The molecule has 0 saturated heterocycles. The van der Waals surface area contributed by atoms with Gasteiger partial charge in [-0.1, -0.05) is 38.0 Å². The van der Waals surface area contributed by atoms with Crippen LogP contribution in [0.1, 0.15) is 53.3 Å². The molecule has 0 aliphatic carbocycles. The van der Waals surface area contributed by atoms with Crippen LogP contribution in [0, 0.1) is 0 Å². The Morgan fingerprint density at radius 2 is 1.42 bits per heavy atom. The third-order valence-corrected chi connectivity index (χ3v) is 3.76. The zero-order chi connectivity index (χ0) is 18.8. The van der Waals surface area contributed by atoms with Crippen LogP contribution in [-0.2, 0) is 4.79 Å². The number of rotatable bonds is 7. The molecular formula is C20H23N3O3. The second-order valence-electron chi connectivity index (χ2n) is 5.86. The lowest BCUT2D eigenvalue weighted by Crippen LogP contribution is -2.41. The Labute approximate surface area is 153 Å². The molecule has 6 nitrogen and oxygen atoms in total. The molecule has 0 spiro atoms. The Hall–Kier alpha value is -3.15. The van der Waals surface area contributed by atoms with Crippen molar-refractivity contribution in [3.8, 4) is 0 Å². The van der Waals surface area contributed by atoms with E-state index >= 15 is 0 Å². The molecule has 0 aliphatic heterocycles. The molecule has 0 fully saturated rings. The average Bonchev–Trinajstić information content (AvgIpc) is 2.67. The van der Waals surface area contributed by atoms with E-state index in [4.69, 9.17) is 0 Å². The first-order valence-electron chi connectivity index (χ1n) is 8.66. The fourth-order valence-electron chi connectivity index (χ4n) is 2.29. The highest BCUT2D eigenvalue weighted by atomic mass is 16.2. The second kappa shape index (κ2) is 9.98. The Bertz CT molecular complexity index is 743. The first-order chi connectivity index (χ1) is 12.6. The van der Waals surface area contributed by atoms with Crippen molar-refractivity contribution in [3.63, 3.8) is 0 Å². The number of hydrogen-bond acceptors (Lipinski definition) is 3. The van der Waals surface area contributed by atoms with E-state index in [0.717, 1.165) is 19.3 Å². The van der Waals surface area contributed by atoms with E-state index in [2.05, 4.69) is 23.1 Å². The monoisotopic (exact) mass is 353 g/mol. The normalized spacial score (nSPS) is 10.0. The van der Waals surface area contributed by atoms with Crippen LogP contribution < -0.4 is 16.2 Å². The molecule has 6 heteroatoms. The van der Waals surface area contributed by atoms with E-state index in [1.54, 1.807) is 48.5 Å². The van der Waals surface area contributed by atoms with E-state index in [-0.39, 0.29) is 11.8 Å². The highest BCUT2D eigenvalue weighted by molar-refractivity contribution is 6.04. The smallest absolute Gasteiger partial charge is 0.269 e. The maximum Gasteiger partial charge on any atom is 0.269 e. The van der Waals surface area contributed by atoms with Gasteiger partial charge in [0.2, 0.25) is 5.91 Å². The minimum atomic E-state index is -0.408. The summed E-state index contributed by atoms with van der Waals surface area (Å²) in [6.45, 7) is 2.06. The van der Waals surface area contributed by atoms with Gasteiger partial charge in [0, 0.05) is 23.2 Å². The van der Waals surface area contributed by atoms with E-state index in [1.807, 2.05) is 6.07 Å². The molecule has 3 amide bonds. The summed E-state index contributed by atoms with van der Waals surface area (Å²) in [5.41, 5.74) is 6.31. The molecule has 2 aromatic rings. The van der Waals surface area contributed by atoms with Crippen LogP contribution >= 0.6 is 0 Å². The van der Waals surface area contributed by atoms with E-state index < -0.39 is 5.91 Å². The van der Waals surface area contributed by atoms with Gasteiger partial charge in [-0.15, -0.1) is 0 Å². The van der Waals surface area contributed by atoms with Gasteiger partial charge < -0.3 is 5.32 Å². The quantitative estimate of drug-likeness (QED) is 0.527. The number of nitrogens with one attached hydrogen (secondary N) is 3. The van der Waals surface area contributed by atoms with Crippen LogP contribution in [0.25, 0.3) is 0 Å². The molecule has 0 saturated carbocycles. The van der Waals surface area contributed by atoms with Crippen LogP contribution in [0.3, 0.4) is 0 Å². The van der Waals surface area contributed by atoms with E-state index in [9.17, 15) is 14.4 Å². The molecule has 136 valence electrons. The molecule has 2 aromatic carbocycles. The zero-order valence-electron chi connectivity index (χ0n) is 14.7. The molecule has 0 heterocycles. The van der Waals surface area contributed by atoms with Crippen molar-refractivity contribution in [2.75, 3.05) is 5.32 Å². The van der Waals surface area contributed by atoms with Crippen LogP contribution in [0.5, 0.6) is 0 Å². The summed E-state index contributed by atoms with van der Waals surface area (Å²) in [6.07, 6.45) is 3.21. The third kappa shape index (κ3) is 6.05. The van der Waals surface area contributed by atoms with Crippen molar-refractivity contribution in [1.29, 1.82) is 0 Å². The first kappa shape index (κ1) is 19.2. The molecule has 0 atom stereocenters. The third-order valence-electron chi connectivity index (χ3n) is 3.76. The Morgan fingerprint density at radius 3 is 2.08 bits per heavy atom. The van der Waals surface area contributed by atoms with Gasteiger partial charge >= 0.3 is 0 Å². The SMILES string of the molecule is CCCCCC(=O)NNC(=O)c1ccc(NC(=O)c2ccccc2)cc1. The molecule has 0 bridgehead atoms. The summed E-state index contributed by atoms with van der Waals surface area (Å²) >= 11 is 0. The van der Waals surface area contributed by atoms with E-state index in [1.165, 1.54) is 0 Å². The Balaban J connectivity index is 1.83. The van der Waals surface area contributed by atoms with Crippen LogP contribution in [-0.4, -0.2) is 17.7 Å². The van der Waals surface area contributed by atoms with Crippen molar-refractivity contribution >= 4 is 23.4 Å². The lowest BCUT2D eigenvalue weighted by Gasteiger charge is -2.09. The van der Waals surface area contributed by atoms with Gasteiger partial charge in [-0.3, -0.25) is 25.2 Å². The van der Waals surface area contributed by atoms with Gasteiger partial charge in [-0.05, 0) is 42.8 Å². The number of anilines is 1. The topological polar surface area (TPSA) is 87.3 Å². The number of unbranched alkanes of at least 4 members (excludes halogenated alkanes) is 2. The largest absolute Gasteiger partial charge is 0.322 e. The predicted octanol–water partition coefficient (Wildman–Crippen LogP) is 3.28. The summed E-state index contributed by atoms with van der Waals surface area (Å²) in [5.74, 6) is -0.838. The van der Waals surface area contributed by atoms with Crippen molar-refractivity contribution in [2.24, 2.45) is 0 Å². The van der Waals surface area contributed by atoms with Crippen LogP contribution in [0.4, 0.5) is 5.69 Å². The molecular weight excluding hydrogens is 330 g/mol. The minimum absolute atomic E-state index is 0.210. The average molecular weight is 353 g/mol. The Kier molecular flexibility index (Phi) is 7.36. The number of amides is 3. The first-order valence-corrected chi connectivity index (χ1v) is 8.66. The van der Waals surface area contributed by atoms with Crippen LogP contribution in [0.2, 0.25) is 0 Å². The predicted molar refractivity (Wildman–Crippen MR) is 101 cm³/mol. The lowest BCUT2D eigenvalue weighted by atomic mass is 10.1. The highest BCUT2D eigenvalue weighted by Gasteiger charge is 2.09. The Morgan fingerprint density at radius 1 is 0.769 bits per heavy atom. The van der Waals surface area contributed by atoms with Crippen molar-refractivity contribution in [2.45, 2.75) is 32.6 Å². The van der Waals surface area contributed by atoms with E-state index in [0.29, 0.717) is 23.2 Å². The summed E-state index contributed by atoms with van der Waals surface area (Å²) in [5, 5.41) is 2.76. The molecule has 0 aliphatic rings. The van der Waals surface area contributed by atoms with Gasteiger partial charge in [0.25, 0.3) is 11.8 Å². The number of benzene rings is 2. The number of hydrogen-bond donors (Lipinski definition) is 3. The van der Waals surface area contributed by atoms with Crippen molar-refractivity contribution in [1.82, 2.24) is 10.9 Å². The van der Waals surface area contributed by atoms with Gasteiger partial charge in [-0.25, -0.2) is 0 Å². The summed E-state index contributed by atoms with van der Waals surface area (Å²) in [4.78, 5) is 35.7. The zero-order valence-corrected chi connectivity index (χ0v) is 14.7. The van der Waals surface area contributed by atoms with Gasteiger partial charge in [0.1, 0.15) is 0 Å². The second-order valence-corrected chi connectivity index (χ2v) is 5.86. The van der Waals surface area contributed by atoms with Crippen molar-refractivity contribution < 1.29 is 14.4 Å². The standard InChI is InChI=1S/C20H23N3O3/c1-2-3-5-10-18(24)22-23-20(26)16-11-13-17(14-12-16)21-19(25)15-8-6-4-7-9-15/h4,6-9,11-14H,2-3,5,10H2,1H3,(H,21,25)(H,22,24)(H,23,26). The summed E-state index contributed by atoms with van der Waals surface area (Å²) in [6, 6.07) is 15.3. The highest BCUT2D eigenvalue weighted by Crippen LogP contribution is 2.11. The molecule has 3 N–H and O–H groups in total. The molecule has 0 radical (unpaired) electrons. The summed E-state index contributed by atoms with van der Waals surface area (Å²) in [7, 11) is 0. The van der Waals surface area contributed by atoms with Gasteiger partial charge in [0.15, 0.2) is 0 Å². The fraction of sp³-hybridized carbons (Fsp3) is 0.250. The molecule has 26 heavy (non-hydrogen) atoms. The number of carbonyl (C=O) groups excluding carboxylic acids is 3. The number of hydrazine groups is 1. The lowest BCUT2D eigenvalue weighted by molar-refractivity contribution is -0.121. The van der Waals surface area contributed by atoms with Crippen LogP contribution in [0.15, 0.2) is 54.6 Å². The maximum absolute atomic E-state index is 12.1. The molecule has 2 rings (SSSR count). The number of carbonyl (C=O) groups is 3. The fourth-order valence-corrected chi connectivity index (χ4v) is 2.29. The van der Waals surface area contributed by atoms with Gasteiger partial charge in [-0.2, -0.15) is 0 Å². The molecule has 0 aromatic heterocycles. The maximum atomic E-state index is 12.1. The molecule has 0 unspecified atom stereocenters. The van der Waals surface area contributed by atoms with Gasteiger partial charge in [0.05, 0.1) is 0 Å². The van der Waals surface area contributed by atoms with Crippen molar-refractivity contribution in [3.05, 3.63) is 65.7 Å². The summed E-state index contributed by atoms with van der Waals surface area (Å²) < 4.78 is 0. The minimum Gasteiger partial charge on any atom is -0.322 e.